The summed E-state index contributed by atoms with van der Waals surface area (Å²) in [5.74, 6) is -0.344. The van der Waals surface area contributed by atoms with Gasteiger partial charge in [0.2, 0.25) is 0 Å². The van der Waals surface area contributed by atoms with Crippen LogP contribution >= 0.6 is 12.2 Å². The smallest absolute Gasteiger partial charge is 0.325 e. The molecule has 1 aromatic rings. The zero-order chi connectivity index (χ0) is 17.1. The lowest BCUT2D eigenvalue weighted by molar-refractivity contribution is -0.143. The van der Waals surface area contributed by atoms with Gasteiger partial charge in [0.05, 0.1) is 7.11 Å². The Hall–Kier alpha value is -2.21. The molecule has 0 N–H and O–H groups in total. The van der Waals surface area contributed by atoms with Gasteiger partial charge in [-0.1, -0.05) is 38.1 Å². The predicted octanol–water partition coefficient (Wildman–Crippen LogP) is 2.38. The molecule has 1 fully saturated rings. The molecule has 6 heteroatoms. The van der Waals surface area contributed by atoms with E-state index in [1.54, 1.807) is 18.0 Å². The first kappa shape index (κ1) is 17.1. The van der Waals surface area contributed by atoms with Crippen LogP contribution in [0, 0.1) is 0 Å². The average molecular weight is 332 g/mol. The first-order valence-electron chi connectivity index (χ1n) is 7.33. The summed E-state index contributed by atoms with van der Waals surface area (Å²) in [5, 5.41) is 0.297. The molecule has 0 atom stereocenters. The number of nitrogens with zero attached hydrogens (tertiary/aromatic N) is 2. The van der Waals surface area contributed by atoms with Crippen LogP contribution in [0.2, 0.25) is 0 Å². The van der Waals surface area contributed by atoms with Gasteiger partial charge < -0.3 is 9.64 Å². The largest absolute Gasteiger partial charge is 0.468 e. The summed E-state index contributed by atoms with van der Waals surface area (Å²) in [6, 6.07) is 8.02. The highest BCUT2D eigenvalue weighted by Gasteiger charge is 2.36. The highest BCUT2D eigenvalue weighted by Crippen LogP contribution is 2.23. The van der Waals surface area contributed by atoms with Crippen molar-refractivity contribution in [3.8, 4) is 0 Å². The quantitative estimate of drug-likeness (QED) is 0.481. The van der Waals surface area contributed by atoms with Crippen molar-refractivity contribution in [2.75, 3.05) is 20.7 Å². The van der Waals surface area contributed by atoms with Gasteiger partial charge >= 0.3 is 5.97 Å². The van der Waals surface area contributed by atoms with Crippen LogP contribution in [0.5, 0.6) is 0 Å². The van der Waals surface area contributed by atoms with Crippen LogP contribution < -0.4 is 0 Å². The maximum Gasteiger partial charge on any atom is 0.325 e. The zero-order valence-electron chi connectivity index (χ0n) is 13.7. The topological polar surface area (TPSA) is 49.9 Å². The SMILES string of the molecule is COC(=O)CN1C(=O)/C(=C/c2ccc(C(C)C)cc2)N(C)C1=S. The molecular weight excluding hydrogens is 312 g/mol. The minimum Gasteiger partial charge on any atom is -0.468 e. The summed E-state index contributed by atoms with van der Waals surface area (Å²) in [4.78, 5) is 26.7. The molecule has 1 aliphatic heterocycles. The molecule has 2 rings (SSSR count). The number of likely N-dealkylation sites (N-methyl/N-ethyl adjacent to an activating group) is 1. The number of rotatable bonds is 4. The molecule has 23 heavy (non-hydrogen) atoms. The highest BCUT2D eigenvalue weighted by atomic mass is 32.1. The van der Waals surface area contributed by atoms with Crippen molar-refractivity contribution in [2.24, 2.45) is 0 Å². The van der Waals surface area contributed by atoms with E-state index in [0.717, 1.165) is 5.56 Å². The number of hydrogen-bond donors (Lipinski definition) is 0. The van der Waals surface area contributed by atoms with Crippen LogP contribution in [0.4, 0.5) is 0 Å². The molecule has 0 spiro atoms. The minimum atomic E-state index is -0.503. The van der Waals surface area contributed by atoms with Crippen LogP contribution in [0.15, 0.2) is 30.0 Å². The average Bonchev–Trinajstić information content (AvgIpc) is 2.73. The number of amides is 1. The van der Waals surface area contributed by atoms with Crippen LogP contribution in [-0.4, -0.2) is 47.5 Å². The fraction of sp³-hybridized carbons (Fsp3) is 0.353. The monoisotopic (exact) mass is 332 g/mol. The Morgan fingerprint density at radius 3 is 2.43 bits per heavy atom. The van der Waals surface area contributed by atoms with Gasteiger partial charge in [-0.3, -0.25) is 14.5 Å². The summed E-state index contributed by atoms with van der Waals surface area (Å²) < 4.78 is 4.60. The number of methoxy groups -OCH3 is 1. The van der Waals surface area contributed by atoms with Gasteiger partial charge in [0.15, 0.2) is 5.11 Å². The predicted molar refractivity (Wildman–Crippen MR) is 92.6 cm³/mol. The van der Waals surface area contributed by atoms with E-state index in [9.17, 15) is 9.59 Å². The molecule has 0 radical (unpaired) electrons. The van der Waals surface area contributed by atoms with E-state index in [0.29, 0.717) is 16.7 Å². The van der Waals surface area contributed by atoms with Crippen molar-refractivity contribution in [1.82, 2.24) is 9.80 Å². The minimum absolute atomic E-state index is 0.178. The van der Waals surface area contributed by atoms with E-state index in [-0.39, 0.29) is 12.5 Å². The summed E-state index contributed by atoms with van der Waals surface area (Å²) >= 11 is 5.24. The number of carbonyl (C=O) groups excluding carboxylic acids is 2. The number of hydrogen-bond acceptors (Lipinski definition) is 4. The standard InChI is InChI=1S/C17H20N2O3S/c1-11(2)13-7-5-12(6-8-13)9-14-16(21)19(10-15(20)22-4)17(23)18(14)3/h5-9,11H,10H2,1-4H3/b14-9-. The Labute approximate surface area is 141 Å². The molecule has 0 saturated carbocycles. The Balaban J connectivity index is 2.26. The van der Waals surface area contributed by atoms with Crippen LogP contribution in [-0.2, 0) is 14.3 Å². The normalized spacial score (nSPS) is 16.7. The van der Waals surface area contributed by atoms with Crippen molar-refractivity contribution in [3.63, 3.8) is 0 Å². The Morgan fingerprint density at radius 1 is 1.30 bits per heavy atom. The number of ether oxygens (including phenoxy) is 1. The molecule has 5 nitrogen and oxygen atoms in total. The third kappa shape index (κ3) is 3.59. The molecule has 0 aliphatic carbocycles. The lowest BCUT2D eigenvalue weighted by Gasteiger charge is -2.14. The molecular formula is C17H20N2O3S. The van der Waals surface area contributed by atoms with Crippen molar-refractivity contribution in [1.29, 1.82) is 0 Å². The van der Waals surface area contributed by atoms with Crippen molar-refractivity contribution >= 4 is 35.3 Å². The Bertz CT molecular complexity index is 665. The molecule has 1 amide bonds. The molecule has 1 heterocycles. The fourth-order valence-electron chi connectivity index (χ4n) is 2.28. The number of esters is 1. The van der Waals surface area contributed by atoms with Gasteiger partial charge in [-0.15, -0.1) is 0 Å². The third-order valence-electron chi connectivity index (χ3n) is 3.76. The second-order valence-electron chi connectivity index (χ2n) is 5.66. The Morgan fingerprint density at radius 2 is 1.91 bits per heavy atom. The van der Waals surface area contributed by atoms with Crippen LogP contribution in [0.1, 0.15) is 30.9 Å². The maximum atomic E-state index is 12.5. The van der Waals surface area contributed by atoms with E-state index in [1.807, 2.05) is 24.3 Å². The van der Waals surface area contributed by atoms with Crippen molar-refractivity contribution < 1.29 is 14.3 Å². The summed E-state index contributed by atoms with van der Waals surface area (Å²) in [6.45, 7) is 4.08. The maximum absolute atomic E-state index is 12.5. The van der Waals surface area contributed by atoms with Gasteiger partial charge in [-0.25, -0.2) is 0 Å². The lowest BCUT2D eigenvalue weighted by Crippen LogP contribution is -2.36. The van der Waals surface area contributed by atoms with Gasteiger partial charge in [-0.05, 0) is 35.3 Å². The third-order valence-corrected chi connectivity index (χ3v) is 4.26. The molecule has 0 bridgehead atoms. The van der Waals surface area contributed by atoms with Gasteiger partial charge in [0.1, 0.15) is 12.2 Å². The second kappa shape index (κ2) is 6.91. The van der Waals surface area contributed by atoms with E-state index in [2.05, 4.69) is 18.6 Å². The first-order valence-corrected chi connectivity index (χ1v) is 7.74. The van der Waals surface area contributed by atoms with E-state index < -0.39 is 5.97 Å². The van der Waals surface area contributed by atoms with Crippen molar-refractivity contribution in [2.45, 2.75) is 19.8 Å². The summed E-state index contributed by atoms with van der Waals surface area (Å²) in [6.07, 6.45) is 1.77. The number of thiocarbonyl (C=S) groups is 1. The molecule has 122 valence electrons. The summed E-state index contributed by atoms with van der Waals surface area (Å²) in [7, 11) is 2.99. The molecule has 1 aliphatic rings. The van der Waals surface area contributed by atoms with Gasteiger partial charge in [-0.2, -0.15) is 0 Å². The van der Waals surface area contributed by atoms with E-state index in [1.165, 1.54) is 17.6 Å². The van der Waals surface area contributed by atoms with E-state index in [4.69, 9.17) is 12.2 Å². The highest BCUT2D eigenvalue weighted by molar-refractivity contribution is 7.80. The Kier molecular flexibility index (Phi) is 5.15. The number of carbonyl (C=O) groups is 2. The van der Waals surface area contributed by atoms with Gasteiger partial charge in [0, 0.05) is 7.05 Å². The molecule has 0 aromatic heterocycles. The lowest BCUT2D eigenvalue weighted by atomic mass is 10.0. The fourth-order valence-corrected chi connectivity index (χ4v) is 2.53. The number of benzene rings is 1. The van der Waals surface area contributed by atoms with Crippen LogP contribution in [0.3, 0.4) is 0 Å². The first-order chi connectivity index (χ1) is 10.8. The second-order valence-corrected chi connectivity index (χ2v) is 6.03. The molecule has 1 saturated heterocycles. The molecule has 1 aromatic carbocycles. The van der Waals surface area contributed by atoms with Gasteiger partial charge in [0.25, 0.3) is 5.91 Å². The van der Waals surface area contributed by atoms with Crippen molar-refractivity contribution in [3.05, 3.63) is 41.1 Å². The summed E-state index contributed by atoms with van der Waals surface area (Å²) in [5.41, 5.74) is 2.59. The van der Waals surface area contributed by atoms with E-state index >= 15 is 0 Å². The molecule has 0 unspecified atom stereocenters. The van der Waals surface area contributed by atoms with Crippen LogP contribution in [0.25, 0.3) is 6.08 Å². The zero-order valence-corrected chi connectivity index (χ0v) is 14.5.